The molecule has 0 amide bonds. The number of hydrogen-bond acceptors (Lipinski definition) is 1. The molecule has 0 radical (unpaired) electrons. The van der Waals surface area contributed by atoms with Crippen LogP contribution >= 0.6 is 11.6 Å². The summed E-state index contributed by atoms with van der Waals surface area (Å²) in [6.45, 7) is 0. The van der Waals surface area contributed by atoms with Crippen LogP contribution in [-0.4, -0.2) is 15.4 Å². The quantitative estimate of drug-likeness (QED) is 0.648. The van der Waals surface area contributed by atoms with Crippen LogP contribution in [0.4, 0.5) is 0 Å². The summed E-state index contributed by atoms with van der Waals surface area (Å²) < 4.78 is 2.22. The fourth-order valence-electron chi connectivity index (χ4n) is 2.48. The van der Waals surface area contributed by atoms with Gasteiger partial charge in [-0.1, -0.05) is 30.3 Å². The first-order valence-electron chi connectivity index (χ1n) is 6.42. The molecule has 96 valence electrons. The highest BCUT2D eigenvalue weighted by Crippen LogP contribution is 2.26. The first-order valence-corrected chi connectivity index (χ1v) is 6.96. The molecule has 19 heavy (non-hydrogen) atoms. The molecule has 0 bridgehead atoms. The van der Waals surface area contributed by atoms with Crippen molar-refractivity contribution in [3.8, 4) is 0 Å². The lowest BCUT2D eigenvalue weighted by atomic mass is 10.0. The van der Waals surface area contributed by atoms with Crippen molar-refractivity contribution in [3.05, 3.63) is 66.5 Å². The zero-order chi connectivity index (χ0) is 13.1. The van der Waals surface area contributed by atoms with Crippen molar-refractivity contribution in [2.45, 2.75) is 12.5 Å². The molecule has 2 heterocycles. The van der Waals surface area contributed by atoms with E-state index in [2.05, 4.69) is 52.1 Å². The summed E-state index contributed by atoms with van der Waals surface area (Å²) in [6, 6.07) is 16.8. The fraction of sp³-hybridized carbons (Fsp3) is 0.188. The van der Waals surface area contributed by atoms with Crippen LogP contribution in [0.15, 0.2) is 60.9 Å². The molecule has 0 fully saturated rings. The number of nitrogens with zero attached hydrogens (tertiary/aromatic N) is 2. The molecule has 1 unspecified atom stereocenters. The predicted octanol–water partition coefficient (Wildman–Crippen LogP) is 4.25. The van der Waals surface area contributed by atoms with Crippen LogP contribution in [0.25, 0.3) is 11.0 Å². The van der Waals surface area contributed by atoms with Crippen LogP contribution in [0.5, 0.6) is 0 Å². The Bertz CT molecular complexity index is 661. The van der Waals surface area contributed by atoms with Gasteiger partial charge in [0.15, 0.2) is 0 Å². The summed E-state index contributed by atoms with van der Waals surface area (Å²) in [5.41, 5.74) is 2.28. The average Bonchev–Trinajstić information content (AvgIpc) is 2.89. The lowest BCUT2D eigenvalue weighted by Gasteiger charge is -2.19. The largest absolute Gasteiger partial charge is 0.325 e. The highest BCUT2D eigenvalue weighted by molar-refractivity contribution is 6.17. The third kappa shape index (κ3) is 2.36. The standard InChI is InChI=1S/C16H15ClN2/c17-10-8-15(13-5-2-1-3-6-13)19-12-9-14-7-4-11-18-16(14)19/h1-7,9,11-12,15H,8,10H2. The number of aromatic nitrogens is 2. The predicted molar refractivity (Wildman–Crippen MR) is 79.7 cm³/mol. The molecule has 3 aromatic rings. The van der Waals surface area contributed by atoms with E-state index in [0.717, 1.165) is 17.5 Å². The molecule has 0 saturated carbocycles. The van der Waals surface area contributed by atoms with E-state index in [1.807, 2.05) is 18.3 Å². The Hall–Kier alpha value is -1.80. The SMILES string of the molecule is ClCCC(c1ccccc1)n1ccc2cccnc21. The molecule has 0 N–H and O–H groups in total. The molecule has 2 aromatic heterocycles. The van der Waals surface area contributed by atoms with Crippen LogP contribution in [0.3, 0.4) is 0 Å². The van der Waals surface area contributed by atoms with Crippen molar-refractivity contribution < 1.29 is 0 Å². The second kappa shape index (κ2) is 5.45. The van der Waals surface area contributed by atoms with Gasteiger partial charge in [-0.05, 0) is 30.2 Å². The van der Waals surface area contributed by atoms with Crippen molar-refractivity contribution in [1.82, 2.24) is 9.55 Å². The van der Waals surface area contributed by atoms with Gasteiger partial charge in [-0.2, -0.15) is 0 Å². The molecule has 0 aliphatic rings. The van der Waals surface area contributed by atoms with Gasteiger partial charge in [0.2, 0.25) is 0 Å². The molecule has 0 spiro atoms. The van der Waals surface area contributed by atoms with Gasteiger partial charge in [-0.15, -0.1) is 11.6 Å². The molecule has 0 saturated heterocycles. The summed E-state index contributed by atoms with van der Waals surface area (Å²) in [7, 11) is 0. The third-order valence-electron chi connectivity index (χ3n) is 3.38. The Morgan fingerprint density at radius 2 is 1.89 bits per heavy atom. The van der Waals surface area contributed by atoms with Gasteiger partial charge in [0, 0.05) is 23.7 Å². The van der Waals surface area contributed by atoms with Gasteiger partial charge in [0.25, 0.3) is 0 Å². The molecule has 3 heteroatoms. The highest BCUT2D eigenvalue weighted by atomic mass is 35.5. The minimum atomic E-state index is 0.242. The maximum absolute atomic E-state index is 5.98. The minimum Gasteiger partial charge on any atom is -0.325 e. The van der Waals surface area contributed by atoms with E-state index in [9.17, 15) is 0 Å². The van der Waals surface area contributed by atoms with E-state index >= 15 is 0 Å². The Kier molecular flexibility index (Phi) is 3.51. The van der Waals surface area contributed by atoms with E-state index < -0.39 is 0 Å². The molecule has 1 atom stereocenters. The Morgan fingerprint density at radius 3 is 2.68 bits per heavy atom. The first-order chi connectivity index (χ1) is 9.40. The average molecular weight is 271 g/mol. The number of fused-ring (bicyclic) bond motifs is 1. The Morgan fingerprint density at radius 1 is 1.05 bits per heavy atom. The normalized spacial score (nSPS) is 12.7. The van der Waals surface area contributed by atoms with Gasteiger partial charge < -0.3 is 4.57 Å². The maximum atomic E-state index is 5.98. The van der Waals surface area contributed by atoms with E-state index in [-0.39, 0.29) is 6.04 Å². The smallest absolute Gasteiger partial charge is 0.140 e. The number of alkyl halides is 1. The van der Waals surface area contributed by atoms with Crippen LogP contribution in [-0.2, 0) is 0 Å². The Balaban J connectivity index is 2.10. The minimum absolute atomic E-state index is 0.242. The van der Waals surface area contributed by atoms with Crippen molar-refractivity contribution >= 4 is 22.6 Å². The molecule has 1 aromatic carbocycles. The van der Waals surface area contributed by atoms with Gasteiger partial charge >= 0.3 is 0 Å². The third-order valence-corrected chi connectivity index (χ3v) is 3.60. The monoisotopic (exact) mass is 270 g/mol. The number of hydrogen-bond donors (Lipinski definition) is 0. The second-order valence-corrected chi connectivity index (χ2v) is 4.92. The van der Waals surface area contributed by atoms with Crippen molar-refractivity contribution in [2.75, 3.05) is 5.88 Å². The second-order valence-electron chi connectivity index (χ2n) is 4.54. The van der Waals surface area contributed by atoms with E-state index in [1.165, 1.54) is 5.56 Å². The van der Waals surface area contributed by atoms with Crippen LogP contribution in [0.2, 0.25) is 0 Å². The fourth-order valence-corrected chi connectivity index (χ4v) is 2.69. The summed E-state index contributed by atoms with van der Waals surface area (Å²) in [6.07, 6.45) is 4.83. The van der Waals surface area contributed by atoms with Crippen molar-refractivity contribution in [1.29, 1.82) is 0 Å². The van der Waals surface area contributed by atoms with Crippen molar-refractivity contribution in [3.63, 3.8) is 0 Å². The van der Waals surface area contributed by atoms with Crippen LogP contribution in [0.1, 0.15) is 18.0 Å². The number of halogens is 1. The molecular formula is C16H15ClN2. The van der Waals surface area contributed by atoms with E-state index in [1.54, 1.807) is 0 Å². The van der Waals surface area contributed by atoms with Gasteiger partial charge in [-0.3, -0.25) is 0 Å². The molecule has 0 aliphatic carbocycles. The van der Waals surface area contributed by atoms with Gasteiger partial charge in [0.05, 0.1) is 6.04 Å². The molecular weight excluding hydrogens is 256 g/mol. The summed E-state index contributed by atoms with van der Waals surface area (Å²) in [5, 5.41) is 1.16. The summed E-state index contributed by atoms with van der Waals surface area (Å²) in [5.74, 6) is 0.631. The zero-order valence-corrected chi connectivity index (χ0v) is 11.3. The lowest BCUT2D eigenvalue weighted by Crippen LogP contribution is -2.10. The van der Waals surface area contributed by atoms with Crippen LogP contribution < -0.4 is 0 Å². The van der Waals surface area contributed by atoms with Crippen molar-refractivity contribution in [2.24, 2.45) is 0 Å². The first kappa shape index (κ1) is 12.2. The summed E-state index contributed by atoms with van der Waals surface area (Å²) >= 11 is 5.98. The van der Waals surface area contributed by atoms with E-state index in [4.69, 9.17) is 11.6 Å². The van der Waals surface area contributed by atoms with Crippen LogP contribution in [0, 0.1) is 0 Å². The Labute approximate surface area is 117 Å². The maximum Gasteiger partial charge on any atom is 0.140 e. The van der Waals surface area contributed by atoms with Gasteiger partial charge in [0.1, 0.15) is 5.65 Å². The van der Waals surface area contributed by atoms with E-state index in [0.29, 0.717) is 5.88 Å². The topological polar surface area (TPSA) is 17.8 Å². The number of pyridine rings is 1. The number of benzene rings is 1. The summed E-state index contributed by atoms with van der Waals surface area (Å²) in [4.78, 5) is 4.49. The zero-order valence-electron chi connectivity index (χ0n) is 10.5. The lowest BCUT2D eigenvalue weighted by molar-refractivity contribution is 0.584. The molecule has 0 aliphatic heterocycles. The molecule has 2 nitrogen and oxygen atoms in total. The number of rotatable bonds is 4. The highest BCUT2D eigenvalue weighted by Gasteiger charge is 2.15. The van der Waals surface area contributed by atoms with Gasteiger partial charge in [-0.25, -0.2) is 4.98 Å². The molecule has 3 rings (SSSR count).